The second kappa shape index (κ2) is 2.54. The van der Waals surface area contributed by atoms with Crippen molar-refractivity contribution in [2.75, 3.05) is 6.61 Å². The number of hydrogen-bond donors (Lipinski definition) is 0. The van der Waals surface area contributed by atoms with Crippen molar-refractivity contribution in [3.05, 3.63) is 0 Å². The molecule has 1 aliphatic heterocycles. The minimum absolute atomic E-state index is 0.329. The van der Waals surface area contributed by atoms with Gasteiger partial charge in [0.25, 0.3) is 0 Å². The quantitative estimate of drug-likeness (QED) is 0.505. The van der Waals surface area contributed by atoms with Crippen LogP contribution in [0, 0.1) is 11.3 Å². The van der Waals surface area contributed by atoms with Crippen LogP contribution in [0.15, 0.2) is 0 Å². The first kappa shape index (κ1) is 8.06. The van der Waals surface area contributed by atoms with E-state index in [9.17, 15) is 0 Å². The van der Waals surface area contributed by atoms with Crippen LogP contribution in [0.2, 0.25) is 0 Å². The molecule has 0 aromatic carbocycles. The van der Waals surface area contributed by atoms with Gasteiger partial charge in [-0.1, -0.05) is 27.7 Å². The van der Waals surface area contributed by atoms with E-state index in [2.05, 4.69) is 27.7 Å². The Balaban J connectivity index is 2.55. The normalized spacial score (nSPS) is 34.8. The second-order valence-corrected chi connectivity index (χ2v) is 4.42. The smallest absolute Gasteiger partial charge is 0.0649 e. The highest BCUT2D eigenvalue weighted by molar-refractivity contribution is 4.82. The van der Waals surface area contributed by atoms with E-state index in [1.54, 1.807) is 0 Å². The van der Waals surface area contributed by atoms with Crippen LogP contribution in [0.3, 0.4) is 0 Å². The van der Waals surface area contributed by atoms with E-state index in [-0.39, 0.29) is 0 Å². The van der Waals surface area contributed by atoms with Gasteiger partial charge in [0.15, 0.2) is 0 Å². The maximum Gasteiger partial charge on any atom is 0.0649 e. The molecule has 0 aromatic heterocycles. The van der Waals surface area contributed by atoms with E-state index in [1.165, 1.54) is 6.42 Å². The molecule has 1 fully saturated rings. The van der Waals surface area contributed by atoms with E-state index in [0.29, 0.717) is 11.5 Å². The molecule has 0 N–H and O–H groups in total. The van der Waals surface area contributed by atoms with Crippen molar-refractivity contribution in [2.45, 2.75) is 40.2 Å². The molecule has 1 saturated heterocycles. The third kappa shape index (κ3) is 1.51. The Kier molecular flexibility index (Phi) is 2.04. The molecule has 0 amide bonds. The Hall–Kier alpha value is -0.0400. The zero-order valence-electron chi connectivity index (χ0n) is 7.48. The van der Waals surface area contributed by atoms with Gasteiger partial charge in [-0.05, 0) is 17.8 Å². The van der Waals surface area contributed by atoms with Gasteiger partial charge in [0, 0.05) is 6.61 Å². The largest absolute Gasteiger partial charge is 0.377 e. The number of rotatable bonds is 0. The zero-order valence-corrected chi connectivity index (χ0v) is 7.48. The fraction of sp³-hybridized carbons (Fsp3) is 1.00. The van der Waals surface area contributed by atoms with Crippen LogP contribution in [0.4, 0.5) is 0 Å². The molecule has 1 nitrogen and oxygen atoms in total. The Morgan fingerprint density at radius 1 is 1.30 bits per heavy atom. The van der Waals surface area contributed by atoms with Crippen LogP contribution in [0.25, 0.3) is 0 Å². The average molecular weight is 142 g/mol. The van der Waals surface area contributed by atoms with E-state index < -0.39 is 0 Å². The van der Waals surface area contributed by atoms with Gasteiger partial charge in [0.1, 0.15) is 0 Å². The fourth-order valence-electron chi connectivity index (χ4n) is 1.80. The Labute approximate surface area is 63.8 Å². The molecule has 0 aliphatic carbocycles. The molecule has 0 aromatic rings. The van der Waals surface area contributed by atoms with Crippen LogP contribution in [-0.2, 0) is 4.74 Å². The molecule has 1 rings (SSSR count). The molecule has 60 valence electrons. The van der Waals surface area contributed by atoms with Gasteiger partial charge < -0.3 is 4.74 Å². The summed E-state index contributed by atoms with van der Waals surface area (Å²) in [7, 11) is 0. The minimum atomic E-state index is 0.329. The first-order chi connectivity index (χ1) is 4.52. The highest BCUT2D eigenvalue weighted by Gasteiger charge is 2.34. The molecule has 0 spiro atoms. The predicted molar refractivity (Wildman–Crippen MR) is 43.0 cm³/mol. The Morgan fingerprint density at radius 3 is 2.10 bits per heavy atom. The molecule has 1 heterocycles. The molecule has 2 atom stereocenters. The molecule has 0 unspecified atom stereocenters. The van der Waals surface area contributed by atoms with Gasteiger partial charge in [-0.3, -0.25) is 0 Å². The maximum absolute atomic E-state index is 5.63. The summed E-state index contributed by atoms with van der Waals surface area (Å²) in [5.41, 5.74) is 0.329. The van der Waals surface area contributed by atoms with E-state index in [1.807, 2.05) is 0 Å². The lowest BCUT2D eigenvalue weighted by Gasteiger charge is -2.29. The molecule has 1 aliphatic rings. The molecule has 0 saturated carbocycles. The summed E-state index contributed by atoms with van der Waals surface area (Å²) in [6.07, 6.45) is 1.72. The topological polar surface area (TPSA) is 9.23 Å². The molecule has 0 radical (unpaired) electrons. The summed E-state index contributed by atoms with van der Waals surface area (Å²) in [4.78, 5) is 0. The minimum Gasteiger partial charge on any atom is -0.377 e. The highest BCUT2D eigenvalue weighted by atomic mass is 16.5. The van der Waals surface area contributed by atoms with E-state index in [0.717, 1.165) is 12.5 Å². The third-order valence-corrected chi connectivity index (χ3v) is 2.24. The summed E-state index contributed by atoms with van der Waals surface area (Å²) < 4.78 is 5.63. The van der Waals surface area contributed by atoms with Crippen LogP contribution in [0.1, 0.15) is 34.1 Å². The molecule has 0 bridgehead atoms. The predicted octanol–water partition coefficient (Wildman–Crippen LogP) is 2.46. The SMILES string of the molecule is C[C@H]1CCO[C@@H]1C(C)(C)C. The fourth-order valence-corrected chi connectivity index (χ4v) is 1.80. The van der Waals surface area contributed by atoms with E-state index >= 15 is 0 Å². The highest BCUT2D eigenvalue weighted by Crippen LogP contribution is 2.33. The monoisotopic (exact) mass is 142 g/mol. The second-order valence-electron chi connectivity index (χ2n) is 4.42. The lowest BCUT2D eigenvalue weighted by molar-refractivity contribution is 0.0106. The van der Waals surface area contributed by atoms with Gasteiger partial charge >= 0.3 is 0 Å². The standard InChI is InChI=1S/C9H18O/c1-7-5-6-10-8(7)9(2,3)4/h7-8H,5-6H2,1-4H3/t7-,8-/m0/s1. The molecule has 1 heteroatoms. The van der Waals surface area contributed by atoms with Crippen molar-refractivity contribution in [3.8, 4) is 0 Å². The summed E-state index contributed by atoms with van der Waals surface area (Å²) in [5.74, 6) is 0.750. The Bertz CT molecular complexity index is 112. The zero-order chi connectivity index (χ0) is 7.78. The lowest BCUT2D eigenvalue weighted by atomic mass is 9.82. The van der Waals surface area contributed by atoms with E-state index in [4.69, 9.17) is 4.74 Å². The van der Waals surface area contributed by atoms with Crippen molar-refractivity contribution in [1.82, 2.24) is 0 Å². The van der Waals surface area contributed by atoms with Crippen molar-refractivity contribution < 1.29 is 4.74 Å². The molecular weight excluding hydrogens is 124 g/mol. The van der Waals surface area contributed by atoms with Crippen molar-refractivity contribution in [3.63, 3.8) is 0 Å². The maximum atomic E-state index is 5.63. The molecular formula is C9H18O. The summed E-state index contributed by atoms with van der Waals surface area (Å²) in [5, 5.41) is 0. The third-order valence-electron chi connectivity index (χ3n) is 2.24. The van der Waals surface area contributed by atoms with Crippen molar-refractivity contribution >= 4 is 0 Å². The first-order valence-electron chi connectivity index (χ1n) is 4.13. The van der Waals surface area contributed by atoms with Gasteiger partial charge in [-0.15, -0.1) is 0 Å². The van der Waals surface area contributed by atoms with Crippen LogP contribution in [0.5, 0.6) is 0 Å². The number of ether oxygens (including phenoxy) is 1. The van der Waals surface area contributed by atoms with Crippen LogP contribution < -0.4 is 0 Å². The van der Waals surface area contributed by atoms with Crippen LogP contribution >= 0.6 is 0 Å². The van der Waals surface area contributed by atoms with Gasteiger partial charge in [0.2, 0.25) is 0 Å². The number of hydrogen-bond acceptors (Lipinski definition) is 1. The van der Waals surface area contributed by atoms with Crippen LogP contribution in [-0.4, -0.2) is 12.7 Å². The Morgan fingerprint density at radius 2 is 1.90 bits per heavy atom. The lowest BCUT2D eigenvalue weighted by Crippen LogP contribution is -2.29. The summed E-state index contributed by atoms with van der Waals surface area (Å²) >= 11 is 0. The van der Waals surface area contributed by atoms with Crippen molar-refractivity contribution in [1.29, 1.82) is 0 Å². The average Bonchev–Trinajstić information content (AvgIpc) is 2.11. The summed E-state index contributed by atoms with van der Waals surface area (Å²) in [6.45, 7) is 9.99. The van der Waals surface area contributed by atoms with Gasteiger partial charge in [-0.2, -0.15) is 0 Å². The van der Waals surface area contributed by atoms with Crippen molar-refractivity contribution in [2.24, 2.45) is 11.3 Å². The van der Waals surface area contributed by atoms with Gasteiger partial charge in [-0.25, -0.2) is 0 Å². The molecule has 10 heavy (non-hydrogen) atoms. The summed E-state index contributed by atoms with van der Waals surface area (Å²) in [6, 6.07) is 0. The van der Waals surface area contributed by atoms with Gasteiger partial charge in [0.05, 0.1) is 6.10 Å². The first-order valence-corrected chi connectivity index (χ1v) is 4.13.